The Morgan fingerprint density at radius 3 is 2.59 bits per heavy atom. The molecule has 0 bridgehead atoms. The molecule has 0 unspecified atom stereocenters. The lowest BCUT2D eigenvalue weighted by Gasteiger charge is -2.14. The van der Waals surface area contributed by atoms with Crippen LogP contribution in [0.25, 0.3) is 0 Å². The van der Waals surface area contributed by atoms with Crippen LogP contribution in [0.4, 0.5) is 5.69 Å². The van der Waals surface area contributed by atoms with Gasteiger partial charge in [-0.3, -0.25) is 4.79 Å². The van der Waals surface area contributed by atoms with Crippen LogP contribution in [0.5, 0.6) is 11.5 Å². The van der Waals surface area contributed by atoms with Crippen LogP contribution in [-0.4, -0.2) is 20.1 Å². The number of rotatable bonds is 4. The Balaban J connectivity index is 2.33. The van der Waals surface area contributed by atoms with E-state index in [1.807, 2.05) is 13.0 Å². The second-order valence-electron chi connectivity index (χ2n) is 4.62. The van der Waals surface area contributed by atoms with Crippen LogP contribution in [0.2, 0.25) is 0 Å². The minimum Gasteiger partial charge on any atom is -0.496 e. The van der Waals surface area contributed by atoms with E-state index in [0.717, 1.165) is 5.56 Å². The highest BCUT2D eigenvalue weighted by Crippen LogP contribution is 2.31. The SMILES string of the molecule is COc1ccc(C(=O)Nc2cccc(C#N)c2)c(OC)c1C. The predicted octanol–water partition coefficient (Wildman–Crippen LogP) is 3.14. The number of benzene rings is 2. The number of hydrogen-bond acceptors (Lipinski definition) is 4. The normalized spacial score (nSPS) is 9.73. The first-order chi connectivity index (χ1) is 10.6. The van der Waals surface area contributed by atoms with Crippen molar-refractivity contribution in [3.05, 3.63) is 53.1 Å². The van der Waals surface area contributed by atoms with Crippen LogP contribution in [0.3, 0.4) is 0 Å². The van der Waals surface area contributed by atoms with Crippen molar-refractivity contribution in [1.29, 1.82) is 5.26 Å². The first kappa shape index (κ1) is 15.4. The molecule has 1 amide bonds. The highest BCUT2D eigenvalue weighted by Gasteiger charge is 2.17. The lowest BCUT2D eigenvalue weighted by molar-refractivity contribution is 0.102. The minimum atomic E-state index is -0.308. The third kappa shape index (κ3) is 3.01. The standard InChI is InChI=1S/C17H16N2O3/c1-11-15(21-2)8-7-14(16(11)22-3)17(20)19-13-6-4-5-12(9-13)10-18/h4-9H,1-3H3,(H,19,20). The number of methoxy groups -OCH3 is 2. The van der Waals surface area contributed by atoms with Gasteiger partial charge in [0.05, 0.1) is 31.4 Å². The van der Waals surface area contributed by atoms with Crippen LogP contribution in [0.1, 0.15) is 21.5 Å². The molecule has 5 nitrogen and oxygen atoms in total. The maximum absolute atomic E-state index is 12.4. The van der Waals surface area contributed by atoms with E-state index >= 15 is 0 Å². The van der Waals surface area contributed by atoms with Gasteiger partial charge in [-0.2, -0.15) is 5.26 Å². The third-order valence-electron chi connectivity index (χ3n) is 3.27. The summed E-state index contributed by atoms with van der Waals surface area (Å²) < 4.78 is 10.6. The fourth-order valence-electron chi connectivity index (χ4n) is 2.20. The molecule has 0 aromatic heterocycles. The molecule has 0 aliphatic heterocycles. The van der Waals surface area contributed by atoms with Crippen LogP contribution in [0, 0.1) is 18.3 Å². The molecule has 22 heavy (non-hydrogen) atoms. The average molecular weight is 296 g/mol. The van der Waals surface area contributed by atoms with Crippen molar-refractivity contribution < 1.29 is 14.3 Å². The number of hydrogen-bond donors (Lipinski definition) is 1. The van der Waals surface area contributed by atoms with E-state index < -0.39 is 0 Å². The van der Waals surface area contributed by atoms with Gasteiger partial charge in [-0.05, 0) is 37.3 Å². The Kier molecular flexibility index (Phi) is 4.64. The highest BCUT2D eigenvalue weighted by molar-refractivity contribution is 6.06. The molecule has 0 heterocycles. The van der Waals surface area contributed by atoms with E-state index in [4.69, 9.17) is 14.7 Å². The molecule has 2 rings (SSSR count). The fraction of sp³-hybridized carbons (Fsp3) is 0.176. The van der Waals surface area contributed by atoms with Crippen molar-refractivity contribution in [3.63, 3.8) is 0 Å². The van der Waals surface area contributed by atoms with Gasteiger partial charge in [0.1, 0.15) is 11.5 Å². The third-order valence-corrected chi connectivity index (χ3v) is 3.27. The van der Waals surface area contributed by atoms with Crippen LogP contribution >= 0.6 is 0 Å². The topological polar surface area (TPSA) is 71.3 Å². The van der Waals surface area contributed by atoms with Gasteiger partial charge in [0, 0.05) is 11.3 Å². The number of ether oxygens (including phenoxy) is 2. The molecule has 0 saturated heterocycles. The second kappa shape index (κ2) is 6.64. The molecule has 0 aliphatic carbocycles. The van der Waals surface area contributed by atoms with Crippen molar-refractivity contribution >= 4 is 11.6 Å². The Hall–Kier alpha value is -3.00. The summed E-state index contributed by atoms with van der Waals surface area (Å²) in [6, 6.07) is 12.1. The summed E-state index contributed by atoms with van der Waals surface area (Å²) in [5.74, 6) is 0.811. The molecule has 1 N–H and O–H groups in total. The Labute approximate surface area is 129 Å². The van der Waals surface area contributed by atoms with Crippen molar-refractivity contribution in [3.8, 4) is 17.6 Å². The first-order valence-corrected chi connectivity index (χ1v) is 6.63. The van der Waals surface area contributed by atoms with Crippen molar-refractivity contribution in [2.75, 3.05) is 19.5 Å². The molecule has 112 valence electrons. The molecule has 0 aliphatic rings. The van der Waals surface area contributed by atoms with E-state index in [2.05, 4.69) is 5.32 Å². The predicted molar refractivity (Wildman–Crippen MR) is 83.4 cm³/mol. The molecule has 0 fully saturated rings. The summed E-state index contributed by atoms with van der Waals surface area (Å²) in [6.45, 7) is 1.82. The zero-order chi connectivity index (χ0) is 16.1. The molecular formula is C17H16N2O3. The van der Waals surface area contributed by atoms with Crippen molar-refractivity contribution in [2.24, 2.45) is 0 Å². The summed E-state index contributed by atoms with van der Waals surface area (Å²) in [6.07, 6.45) is 0. The van der Waals surface area contributed by atoms with E-state index in [9.17, 15) is 4.79 Å². The van der Waals surface area contributed by atoms with Gasteiger partial charge in [-0.1, -0.05) is 6.07 Å². The summed E-state index contributed by atoms with van der Waals surface area (Å²) in [5, 5.41) is 11.7. The molecule has 0 saturated carbocycles. The van der Waals surface area contributed by atoms with Crippen LogP contribution in [-0.2, 0) is 0 Å². The number of nitrogens with one attached hydrogen (secondary N) is 1. The van der Waals surface area contributed by atoms with Crippen LogP contribution < -0.4 is 14.8 Å². The molecule has 2 aromatic rings. The fourth-order valence-corrected chi connectivity index (χ4v) is 2.20. The molecule has 0 radical (unpaired) electrons. The molecular weight excluding hydrogens is 280 g/mol. The molecule has 2 aromatic carbocycles. The van der Waals surface area contributed by atoms with Crippen molar-refractivity contribution in [2.45, 2.75) is 6.92 Å². The molecule has 5 heteroatoms. The lowest BCUT2D eigenvalue weighted by Crippen LogP contribution is -2.14. The lowest BCUT2D eigenvalue weighted by atomic mass is 10.1. The van der Waals surface area contributed by atoms with Crippen LogP contribution in [0.15, 0.2) is 36.4 Å². The van der Waals surface area contributed by atoms with Gasteiger partial charge < -0.3 is 14.8 Å². The minimum absolute atomic E-state index is 0.308. The Bertz CT molecular complexity index is 748. The Morgan fingerprint density at radius 1 is 1.18 bits per heavy atom. The highest BCUT2D eigenvalue weighted by atomic mass is 16.5. The number of carbonyl (C=O) groups is 1. The maximum Gasteiger partial charge on any atom is 0.259 e. The van der Waals surface area contributed by atoms with E-state index in [1.54, 1.807) is 43.5 Å². The summed E-state index contributed by atoms with van der Waals surface area (Å²) in [5.41, 5.74) is 2.20. The Morgan fingerprint density at radius 2 is 1.95 bits per heavy atom. The quantitative estimate of drug-likeness (QED) is 0.941. The number of nitriles is 1. The summed E-state index contributed by atoms with van der Waals surface area (Å²) >= 11 is 0. The number of amides is 1. The van der Waals surface area contributed by atoms with E-state index in [-0.39, 0.29) is 5.91 Å². The van der Waals surface area contributed by atoms with Gasteiger partial charge in [-0.15, -0.1) is 0 Å². The van der Waals surface area contributed by atoms with Gasteiger partial charge in [0.25, 0.3) is 5.91 Å². The zero-order valence-corrected chi connectivity index (χ0v) is 12.6. The summed E-state index contributed by atoms with van der Waals surface area (Å²) in [7, 11) is 3.07. The van der Waals surface area contributed by atoms with Gasteiger partial charge >= 0.3 is 0 Å². The van der Waals surface area contributed by atoms with E-state index in [1.165, 1.54) is 7.11 Å². The monoisotopic (exact) mass is 296 g/mol. The maximum atomic E-state index is 12.4. The van der Waals surface area contributed by atoms with Gasteiger partial charge in [0.2, 0.25) is 0 Å². The summed E-state index contributed by atoms with van der Waals surface area (Å²) in [4.78, 5) is 12.4. The number of anilines is 1. The smallest absolute Gasteiger partial charge is 0.259 e. The second-order valence-corrected chi connectivity index (χ2v) is 4.62. The van der Waals surface area contributed by atoms with Crippen molar-refractivity contribution in [1.82, 2.24) is 0 Å². The molecule has 0 spiro atoms. The number of nitrogens with zero attached hydrogens (tertiary/aromatic N) is 1. The van der Waals surface area contributed by atoms with E-state index in [0.29, 0.717) is 28.3 Å². The first-order valence-electron chi connectivity index (χ1n) is 6.63. The largest absolute Gasteiger partial charge is 0.496 e. The van der Waals surface area contributed by atoms with Gasteiger partial charge in [-0.25, -0.2) is 0 Å². The molecule has 0 atom stereocenters. The zero-order valence-electron chi connectivity index (χ0n) is 12.6. The average Bonchev–Trinajstić information content (AvgIpc) is 2.54. The van der Waals surface area contributed by atoms with Gasteiger partial charge in [0.15, 0.2) is 0 Å². The number of carbonyl (C=O) groups excluding carboxylic acids is 1.